The lowest BCUT2D eigenvalue weighted by Gasteiger charge is -2.17. The van der Waals surface area contributed by atoms with Gasteiger partial charge in [-0.3, -0.25) is 0 Å². The van der Waals surface area contributed by atoms with Crippen molar-refractivity contribution in [3.8, 4) is 12.3 Å². The Balaban J connectivity index is 3.44. The molecular formula is C12H23NO2. The average molecular weight is 213 g/mol. The molecule has 88 valence electrons. The summed E-state index contributed by atoms with van der Waals surface area (Å²) >= 11 is 0. The predicted molar refractivity (Wildman–Crippen MR) is 62.6 cm³/mol. The lowest BCUT2D eigenvalue weighted by molar-refractivity contribution is -0.00815. The lowest BCUT2D eigenvalue weighted by Crippen LogP contribution is -2.32. The molecule has 0 fully saturated rings. The number of hydrogen-bond donors (Lipinski definition) is 2. The van der Waals surface area contributed by atoms with Crippen molar-refractivity contribution in [2.45, 2.75) is 39.4 Å². The zero-order valence-electron chi connectivity index (χ0n) is 9.99. The van der Waals surface area contributed by atoms with Crippen LogP contribution in [-0.4, -0.2) is 37.0 Å². The molecule has 0 aromatic carbocycles. The third kappa shape index (κ3) is 9.74. The molecule has 0 radical (unpaired) electrons. The zero-order valence-corrected chi connectivity index (χ0v) is 9.99. The van der Waals surface area contributed by atoms with Crippen molar-refractivity contribution in [3.63, 3.8) is 0 Å². The highest BCUT2D eigenvalue weighted by Gasteiger charge is 2.08. The van der Waals surface area contributed by atoms with Crippen LogP contribution in [0.3, 0.4) is 0 Å². The fraction of sp³-hybridized carbons (Fsp3) is 0.833. The average Bonchev–Trinajstić information content (AvgIpc) is 2.14. The van der Waals surface area contributed by atoms with E-state index in [0.717, 1.165) is 6.42 Å². The van der Waals surface area contributed by atoms with Crippen LogP contribution in [0.2, 0.25) is 0 Å². The molecule has 0 amide bonds. The summed E-state index contributed by atoms with van der Waals surface area (Å²) < 4.78 is 5.50. The van der Waals surface area contributed by atoms with E-state index in [2.05, 4.69) is 25.1 Å². The topological polar surface area (TPSA) is 41.5 Å². The predicted octanol–water partition coefficient (Wildman–Crippen LogP) is 1.02. The van der Waals surface area contributed by atoms with Crippen LogP contribution in [0.15, 0.2) is 0 Å². The van der Waals surface area contributed by atoms with Gasteiger partial charge in [-0.25, -0.2) is 0 Å². The van der Waals surface area contributed by atoms with E-state index in [4.69, 9.17) is 11.2 Å². The second kappa shape index (κ2) is 8.72. The number of nitrogens with one attached hydrogen (secondary N) is 1. The molecule has 0 rings (SSSR count). The monoisotopic (exact) mass is 213 g/mol. The third-order valence-electron chi connectivity index (χ3n) is 1.98. The lowest BCUT2D eigenvalue weighted by atomic mass is 10.1. The Morgan fingerprint density at radius 3 is 2.60 bits per heavy atom. The molecule has 0 bridgehead atoms. The van der Waals surface area contributed by atoms with E-state index in [9.17, 15) is 5.11 Å². The number of ether oxygens (including phenoxy) is 1. The number of aliphatic hydroxyl groups is 1. The number of terminal acetylenes is 1. The minimum absolute atomic E-state index is 0.201. The SMILES string of the molecule is C#CCNCC(O)COC(C)CC(C)C. The first-order valence-electron chi connectivity index (χ1n) is 5.50. The minimum atomic E-state index is -0.479. The van der Waals surface area contributed by atoms with Gasteiger partial charge < -0.3 is 15.2 Å². The van der Waals surface area contributed by atoms with Gasteiger partial charge in [0, 0.05) is 6.54 Å². The van der Waals surface area contributed by atoms with Gasteiger partial charge in [0.05, 0.1) is 25.4 Å². The second-order valence-electron chi connectivity index (χ2n) is 4.26. The van der Waals surface area contributed by atoms with Gasteiger partial charge in [0.1, 0.15) is 0 Å². The number of aliphatic hydroxyl groups excluding tert-OH is 1. The zero-order chi connectivity index (χ0) is 11.7. The summed E-state index contributed by atoms with van der Waals surface area (Å²) in [5.74, 6) is 3.07. The van der Waals surface area contributed by atoms with Crippen LogP contribution >= 0.6 is 0 Å². The van der Waals surface area contributed by atoms with Crippen molar-refractivity contribution >= 4 is 0 Å². The summed E-state index contributed by atoms with van der Waals surface area (Å²) in [6.45, 7) is 7.68. The van der Waals surface area contributed by atoms with Crippen molar-refractivity contribution in [1.82, 2.24) is 5.32 Å². The van der Waals surface area contributed by atoms with Crippen LogP contribution in [0.25, 0.3) is 0 Å². The maximum absolute atomic E-state index is 9.50. The van der Waals surface area contributed by atoms with Crippen LogP contribution < -0.4 is 5.32 Å². The molecule has 0 saturated carbocycles. The Hall–Kier alpha value is -0.560. The Kier molecular flexibility index (Phi) is 8.40. The van der Waals surface area contributed by atoms with Crippen molar-refractivity contribution < 1.29 is 9.84 Å². The first kappa shape index (κ1) is 14.4. The molecule has 2 atom stereocenters. The smallest absolute Gasteiger partial charge is 0.0898 e. The summed E-state index contributed by atoms with van der Waals surface area (Å²) in [5, 5.41) is 12.4. The molecule has 0 aliphatic rings. The quantitative estimate of drug-likeness (QED) is 0.467. The molecule has 0 saturated heterocycles. The van der Waals surface area contributed by atoms with Gasteiger partial charge in [-0.2, -0.15) is 0 Å². The van der Waals surface area contributed by atoms with Crippen LogP contribution in [0.1, 0.15) is 27.2 Å². The van der Waals surface area contributed by atoms with E-state index in [1.54, 1.807) is 0 Å². The molecule has 3 heteroatoms. The van der Waals surface area contributed by atoms with Gasteiger partial charge in [-0.1, -0.05) is 19.8 Å². The van der Waals surface area contributed by atoms with Gasteiger partial charge in [0.15, 0.2) is 0 Å². The summed E-state index contributed by atoms with van der Waals surface area (Å²) in [4.78, 5) is 0. The van der Waals surface area contributed by atoms with E-state index in [1.165, 1.54) is 0 Å². The standard InChI is InChI=1S/C12H23NO2/c1-5-6-13-8-12(14)9-15-11(4)7-10(2)3/h1,10-14H,6-9H2,2-4H3. The highest BCUT2D eigenvalue weighted by Crippen LogP contribution is 2.07. The Morgan fingerprint density at radius 2 is 2.07 bits per heavy atom. The van der Waals surface area contributed by atoms with Crippen molar-refractivity contribution in [2.24, 2.45) is 5.92 Å². The van der Waals surface area contributed by atoms with E-state index in [1.807, 2.05) is 6.92 Å². The number of rotatable bonds is 8. The van der Waals surface area contributed by atoms with E-state index in [-0.39, 0.29) is 6.10 Å². The molecule has 0 aliphatic heterocycles. The Labute approximate surface area is 93.2 Å². The molecule has 0 aliphatic carbocycles. The van der Waals surface area contributed by atoms with Gasteiger partial charge in [-0.15, -0.1) is 6.42 Å². The molecule has 15 heavy (non-hydrogen) atoms. The van der Waals surface area contributed by atoms with Gasteiger partial charge in [0.2, 0.25) is 0 Å². The highest BCUT2D eigenvalue weighted by atomic mass is 16.5. The fourth-order valence-electron chi connectivity index (χ4n) is 1.38. The maximum atomic E-state index is 9.50. The molecule has 0 heterocycles. The van der Waals surface area contributed by atoms with Crippen LogP contribution in [0, 0.1) is 18.3 Å². The fourth-order valence-corrected chi connectivity index (χ4v) is 1.38. The summed E-state index contributed by atoms with van der Waals surface area (Å²) in [7, 11) is 0. The molecule has 0 spiro atoms. The highest BCUT2D eigenvalue weighted by molar-refractivity contribution is 4.86. The third-order valence-corrected chi connectivity index (χ3v) is 1.98. The second-order valence-corrected chi connectivity index (χ2v) is 4.26. The Bertz CT molecular complexity index is 187. The normalized spacial score (nSPS) is 14.9. The summed E-state index contributed by atoms with van der Waals surface area (Å²) in [6.07, 6.45) is 5.81. The van der Waals surface area contributed by atoms with E-state index in [0.29, 0.717) is 25.6 Å². The molecule has 0 aromatic rings. The van der Waals surface area contributed by atoms with E-state index < -0.39 is 6.10 Å². The minimum Gasteiger partial charge on any atom is -0.389 e. The molecule has 0 aromatic heterocycles. The first-order chi connectivity index (χ1) is 7.06. The summed E-state index contributed by atoms with van der Waals surface area (Å²) in [6, 6.07) is 0. The van der Waals surface area contributed by atoms with Crippen molar-refractivity contribution in [1.29, 1.82) is 0 Å². The maximum Gasteiger partial charge on any atom is 0.0898 e. The number of hydrogen-bond acceptors (Lipinski definition) is 3. The van der Waals surface area contributed by atoms with Gasteiger partial charge in [-0.05, 0) is 19.3 Å². The largest absolute Gasteiger partial charge is 0.389 e. The van der Waals surface area contributed by atoms with E-state index >= 15 is 0 Å². The van der Waals surface area contributed by atoms with Gasteiger partial charge >= 0.3 is 0 Å². The van der Waals surface area contributed by atoms with Crippen molar-refractivity contribution in [3.05, 3.63) is 0 Å². The first-order valence-corrected chi connectivity index (χ1v) is 5.50. The molecular weight excluding hydrogens is 190 g/mol. The van der Waals surface area contributed by atoms with Crippen LogP contribution in [-0.2, 0) is 4.74 Å². The van der Waals surface area contributed by atoms with Crippen LogP contribution in [0.4, 0.5) is 0 Å². The molecule has 2 N–H and O–H groups in total. The Morgan fingerprint density at radius 1 is 1.40 bits per heavy atom. The van der Waals surface area contributed by atoms with Gasteiger partial charge in [0.25, 0.3) is 0 Å². The molecule has 2 unspecified atom stereocenters. The van der Waals surface area contributed by atoms with Crippen LogP contribution in [0.5, 0.6) is 0 Å². The molecule has 3 nitrogen and oxygen atoms in total. The summed E-state index contributed by atoms with van der Waals surface area (Å²) in [5.41, 5.74) is 0. The van der Waals surface area contributed by atoms with Crippen molar-refractivity contribution in [2.75, 3.05) is 19.7 Å².